The number of para-hydroxylation sites is 3. The predicted octanol–water partition coefficient (Wildman–Crippen LogP) is 3.86. The molecule has 0 spiro atoms. The van der Waals surface area contributed by atoms with E-state index in [0.717, 1.165) is 39.5 Å². The number of carbonyl (C=O) groups excluding carboxylic acids is 1. The summed E-state index contributed by atoms with van der Waals surface area (Å²) in [6, 6.07) is 13.4. The Balaban J connectivity index is 1.31. The highest BCUT2D eigenvalue weighted by Crippen LogP contribution is 2.33. The molecule has 6 nitrogen and oxygen atoms in total. The van der Waals surface area contributed by atoms with Gasteiger partial charge in [-0.1, -0.05) is 41.1 Å². The van der Waals surface area contributed by atoms with Crippen molar-refractivity contribution in [2.45, 2.75) is 0 Å². The molecule has 4 aromatic rings. The molecule has 0 bridgehead atoms. The Morgan fingerprint density at radius 3 is 2.54 bits per heavy atom. The Labute approximate surface area is 170 Å². The molecule has 0 radical (unpaired) electrons. The zero-order valence-corrected chi connectivity index (χ0v) is 16.5. The number of halogens is 1. The fourth-order valence-electron chi connectivity index (χ4n) is 3.36. The lowest BCUT2D eigenvalue weighted by atomic mass is 10.2. The molecule has 140 valence electrons. The molecule has 1 aliphatic heterocycles. The van der Waals surface area contributed by atoms with Gasteiger partial charge < -0.3 is 9.80 Å². The van der Waals surface area contributed by atoms with Crippen LogP contribution >= 0.6 is 22.9 Å². The van der Waals surface area contributed by atoms with Crippen LogP contribution in [0.4, 0.5) is 5.13 Å². The Hall–Kier alpha value is -2.77. The predicted molar refractivity (Wildman–Crippen MR) is 112 cm³/mol. The van der Waals surface area contributed by atoms with Crippen LogP contribution in [-0.4, -0.2) is 51.9 Å². The molecule has 0 aliphatic carbocycles. The average Bonchev–Trinajstić information content (AvgIpc) is 3.19. The lowest BCUT2D eigenvalue weighted by Gasteiger charge is -2.34. The maximum absolute atomic E-state index is 12.8. The number of hydrogen-bond acceptors (Lipinski definition) is 6. The molecule has 28 heavy (non-hydrogen) atoms. The molecule has 2 aromatic heterocycles. The molecule has 0 saturated carbocycles. The molecule has 8 heteroatoms. The van der Waals surface area contributed by atoms with Crippen molar-refractivity contribution < 1.29 is 4.79 Å². The van der Waals surface area contributed by atoms with E-state index in [9.17, 15) is 4.79 Å². The van der Waals surface area contributed by atoms with Crippen LogP contribution in [0.15, 0.2) is 48.7 Å². The van der Waals surface area contributed by atoms with Crippen molar-refractivity contribution in [2.24, 2.45) is 0 Å². The van der Waals surface area contributed by atoms with Crippen molar-refractivity contribution in [3.63, 3.8) is 0 Å². The fraction of sp³-hybridized carbons (Fsp3) is 0.200. The summed E-state index contributed by atoms with van der Waals surface area (Å²) in [6.45, 7) is 2.70. The van der Waals surface area contributed by atoms with Gasteiger partial charge in [0.25, 0.3) is 5.91 Å². The second-order valence-corrected chi connectivity index (χ2v) is 8.02. The van der Waals surface area contributed by atoms with E-state index in [0.29, 0.717) is 23.8 Å². The monoisotopic (exact) mass is 409 g/mol. The summed E-state index contributed by atoms with van der Waals surface area (Å²) in [7, 11) is 0. The second-order valence-electron chi connectivity index (χ2n) is 6.61. The van der Waals surface area contributed by atoms with Gasteiger partial charge in [0.05, 0.1) is 27.0 Å². The lowest BCUT2D eigenvalue weighted by molar-refractivity contribution is 0.0741. The van der Waals surface area contributed by atoms with E-state index in [-0.39, 0.29) is 5.91 Å². The maximum atomic E-state index is 12.8. The third-order valence-electron chi connectivity index (χ3n) is 4.86. The number of benzene rings is 2. The Morgan fingerprint density at radius 1 is 0.964 bits per heavy atom. The Kier molecular flexibility index (Phi) is 4.33. The molecule has 2 aromatic carbocycles. The van der Waals surface area contributed by atoms with Gasteiger partial charge in [0.2, 0.25) is 0 Å². The number of thiazole rings is 1. The molecular weight excluding hydrogens is 394 g/mol. The number of anilines is 1. The molecule has 1 saturated heterocycles. The maximum Gasteiger partial charge on any atom is 0.274 e. The van der Waals surface area contributed by atoms with Crippen LogP contribution in [0.1, 0.15) is 10.5 Å². The summed E-state index contributed by atoms with van der Waals surface area (Å²) in [5.74, 6) is -0.0785. The summed E-state index contributed by atoms with van der Waals surface area (Å²) >= 11 is 7.87. The first-order chi connectivity index (χ1) is 13.7. The third kappa shape index (κ3) is 3.06. The number of fused-ring (bicyclic) bond motifs is 2. The van der Waals surface area contributed by atoms with Gasteiger partial charge >= 0.3 is 0 Å². The molecule has 1 amide bonds. The minimum Gasteiger partial charge on any atom is -0.345 e. The zero-order valence-electron chi connectivity index (χ0n) is 14.9. The number of rotatable bonds is 2. The topological polar surface area (TPSA) is 62.2 Å². The van der Waals surface area contributed by atoms with Gasteiger partial charge in [-0.25, -0.2) is 9.97 Å². The fourth-order valence-corrected chi connectivity index (χ4v) is 4.68. The molecular formula is C20H16ClN5OS. The van der Waals surface area contributed by atoms with Crippen LogP contribution in [0.2, 0.25) is 5.02 Å². The van der Waals surface area contributed by atoms with Crippen molar-refractivity contribution >= 4 is 55.2 Å². The van der Waals surface area contributed by atoms with E-state index in [4.69, 9.17) is 11.6 Å². The van der Waals surface area contributed by atoms with Gasteiger partial charge in [-0.3, -0.25) is 9.78 Å². The minimum atomic E-state index is -0.0785. The van der Waals surface area contributed by atoms with Crippen LogP contribution in [0, 0.1) is 0 Å². The molecule has 1 fully saturated rings. The summed E-state index contributed by atoms with van der Waals surface area (Å²) in [4.78, 5) is 30.4. The van der Waals surface area contributed by atoms with Crippen molar-refractivity contribution in [3.8, 4) is 0 Å². The standard InChI is InChI=1S/C20H16ClN5OS/c21-13-4-3-7-17-18(13)24-20(28-17)26-10-8-25(9-11-26)19(27)16-12-22-14-5-1-2-6-15(14)23-16/h1-7,12H,8-11H2. The molecule has 0 atom stereocenters. The van der Waals surface area contributed by atoms with Crippen LogP contribution in [0.25, 0.3) is 21.3 Å². The number of aromatic nitrogens is 3. The van der Waals surface area contributed by atoms with Crippen LogP contribution in [0.5, 0.6) is 0 Å². The first-order valence-electron chi connectivity index (χ1n) is 9.00. The van der Waals surface area contributed by atoms with Crippen LogP contribution < -0.4 is 4.90 Å². The third-order valence-corrected chi connectivity index (χ3v) is 6.25. The van der Waals surface area contributed by atoms with Gasteiger partial charge in [0, 0.05) is 26.2 Å². The normalized spacial score (nSPS) is 14.8. The molecule has 0 N–H and O–H groups in total. The van der Waals surface area contributed by atoms with Crippen molar-refractivity contribution in [3.05, 3.63) is 59.4 Å². The molecule has 0 unspecified atom stereocenters. The van der Waals surface area contributed by atoms with Gasteiger partial charge in [-0.05, 0) is 24.3 Å². The number of hydrogen-bond donors (Lipinski definition) is 0. The molecule has 1 aliphatic rings. The highest BCUT2D eigenvalue weighted by atomic mass is 35.5. The summed E-state index contributed by atoms with van der Waals surface area (Å²) < 4.78 is 1.08. The largest absolute Gasteiger partial charge is 0.345 e. The van der Waals surface area contributed by atoms with E-state index in [1.165, 1.54) is 0 Å². The van der Waals surface area contributed by atoms with Gasteiger partial charge in [-0.2, -0.15) is 0 Å². The summed E-state index contributed by atoms with van der Waals surface area (Å²) in [5.41, 5.74) is 2.75. The van der Waals surface area contributed by atoms with E-state index >= 15 is 0 Å². The van der Waals surface area contributed by atoms with E-state index in [2.05, 4.69) is 19.9 Å². The highest BCUT2D eigenvalue weighted by molar-refractivity contribution is 7.22. The number of piperazine rings is 1. The molecule has 5 rings (SSSR count). The van der Waals surface area contributed by atoms with E-state index in [1.807, 2.05) is 47.4 Å². The number of amides is 1. The number of nitrogens with zero attached hydrogens (tertiary/aromatic N) is 5. The van der Waals surface area contributed by atoms with Gasteiger partial charge in [0.1, 0.15) is 11.2 Å². The minimum absolute atomic E-state index is 0.0785. The summed E-state index contributed by atoms with van der Waals surface area (Å²) in [5, 5.41) is 1.62. The average molecular weight is 410 g/mol. The summed E-state index contributed by atoms with van der Waals surface area (Å²) in [6.07, 6.45) is 1.56. The van der Waals surface area contributed by atoms with Crippen LogP contribution in [0.3, 0.4) is 0 Å². The Bertz CT molecular complexity index is 1190. The van der Waals surface area contributed by atoms with Gasteiger partial charge in [-0.15, -0.1) is 0 Å². The molecule has 3 heterocycles. The van der Waals surface area contributed by atoms with E-state index in [1.54, 1.807) is 17.5 Å². The van der Waals surface area contributed by atoms with Crippen molar-refractivity contribution in [1.82, 2.24) is 19.9 Å². The SMILES string of the molecule is O=C(c1cnc2ccccc2n1)N1CCN(c2nc3c(Cl)cccc3s2)CC1. The first-order valence-corrected chi connectivity index (χ1v) is 10.2. The van der Waals surface area contributed by atoms with E-state index < -0.39 is 0 Å². The number of carbonyl (C=O) groups is 1. The second kappa shape index (κ2) is 7.00. The lowest BCUT2D eigenvalue weighted by Crippen LogP contribution is -2.49. The van der Waals surface area contributed by atoms with Gasteiger partial charge in [0.15, 0.2) is 5.13 Å². The quantitative estimate of drug-likeness (QED) is 0.503. The highest BCUT2D eigenvalue weighted by Gasteiger charge is 2.25. The smallest absolute Gasteiger partial charge is 0.274 e. The van der Waals surface area contributed by atoms with Crippen LogP contribution in [-0.2, 0) is 0 Å². The Morgan fingerprint density at radius 2 is 1.75 bits per heavy atom. The van der Waals surface area contributed by atoms with Crippen molar-refractivity contribution in [2.75, 3.05) is 31.1 Å². The zero-order chi connectivity index (χ0) is 19.1. The van der Waals surface area contributed by atoms with Crippen molar-refractivity contribution in [1.29, 1.82) is 0 Å². The first kappa shape index (κ1) is 17.3.